The summed E-state index contributed by atoms with van der Waals surface area (Å²) in [7, 11) is 0. The Morgan fingerprint density at radius 3 is 1.60 bits per heavy atom. The van der Waals surface area contributed by atoms with Gasteiger partial charge in [0.2, 0.25) is 11.9 Å². The number of nitrogens with zero attached hydrogens (tertiary/aromatic N) is 12. The fourth-order valence-electron chi connectivity index (χ4n) is 8.26. The van der Waals surface area contributed by atoms with Gasteiger partial charge in [0.25, 0.3) is 0 Å². The van der Waals surface area contributed by atoms with Crippen molar-refractivity contribution in [1.29, 1.82) is 10.5 Å². The van der Waals surface area contributed by atoms with Crippen LogP contribution in [-0.2, 0) is 0 Å². The monoisotopic (exact) mass is 830 g/mol. The van der Waals surface area contributed by atoms with E-state index >= 15 is 0 Å². The van der Waals surface area contributed by atoms with Gasteiger partial charge in [-0.2, -0.15) is 10.5 Å². The SMILES string of the molecule is Cc1nc(C#N)cc(NCCC2CC2C2CCN(c3ncc(Cl)cn3)CC2)n1.Cc1nc(Cl)cc(C#N)n1.NCCC1CC1C1CCN(c2ncc(Cl)cn2)CC1. The van der Waals surface area contributed by atoms with Crippen molar-refractivity contribution in [3.8, 4) is 12.1 Å². The Kier molecular flexibility index (Phi) is 15.0. The Bertz CT molecular complexity index is 1970. The van der Waals surface area contributed by atoms with E-state index in [2.05, 4.69) is 61.1 Å². The number of anilines is 3. The van der Waals surface area contributed by atoms with Crippen LogP contribution in [0.2, 0.25) is 15.2 Å². The van der Waals surface area contributed by atoms with Gasteiger partial charge in [0, 0.05) is 44.9 Å². The van der Waals surface area contributed by atoms with Gasteiger partial charge in [-0.05, 0) is 107 Å². The molecule has 14 nitrogen and oxygen atoms in total. The van der Waals surface area contributed by atoms with E-state index in [9.17, 15) is 0 Å². The second kappa shape index (κ2) is 20.3. The van der Waals surface area contributed by atoms with Crippen LogP contribution in [0.15, 0.2) is 36.9 Å². The van der Waals surface area contributed by atoms with Crippen molar-refractivity contribution in [2.75, 3.05) is 54.4 Å². The maximum Gasteiger partial charge on any atom is 0.225 e. The maximum atomic E-state index is 9.01. The maximum absolute atomic E-state index is 9.01. The van der Waals surface area contributed by atoms with Crippen LogP contribution in [-0.4, -0.2) is 79.1 Å². The van der Waals surface area contributed by atoms with Crippen molar-refractivity contribution in [2.24, 2.45) is 41.2 Å². The molecule has 4 aliphatic rings. The van der Waals surface area contributed by atoms with Gasteiger partial charge in [0.05, 0.1) is 34.8 Å². The van der Waals surface area contributed by atoms with E-state index in [1.165, 1.54) is 51.0 Å². The third kappa shape index (κ3) is 12.5. The molecule has 0 radical (unpaired) electrons. The average molecular weight is 832 g/mol. The lowest BCUT2D eigenvalue weighted by atomic mass is 9.90. The van der Waals surface area contributed by atoms with Crippen molar-refractivity contribution >= 4 is 52.5 Å². The summed E-state index contributed by atoms with van der Waals surface area (Å²) >= 11 is 17.2. The molecule has 4 aromatic heterocycles. The lowest BCUT2D eigenvalue weighted by Crippen LogP contribution is -2.35. The Hall–Kier alpha value is -4.47. The molecule has 0 bridgehead atoms. The zero-order valence-corrected chi connectivity index (χ0v) is 34.7. The number of aryl methyl sites for hydroxylation is 2. The van der Waals surface area contributed by atoms with Gasteiger partial charge in [0.15, 0.2) is 0 Å². The normalized spacial score (nSPS) is 21.5. The molecule has 0 spiro atoms. The molecule has 0 aromatic carbocycles. The summed E-state index contributed by atoms with van der Waals surface area (Å²) in [5.74, 6) is 8.69. The lowest BCUT2D eigenvalue weighted by Gasteiger charge is -2.32. The predicted molar refractivity (Wildman–Crippen MR) is 222 cm³/mol. The van der Waals surface area contributed by atoms with E-state index < -0.39 is 0 Å². The summed E-state index contributed by atoms with van der Waals surface area (Å²) in [4.78, 5) is 37.8. The molecule has 4 aromatic rings. The van der Waals surface area contributed by atoms with Crippen LogP contribution in [0.1, 0.15) is 74.4 Å². The van der Waals surface area contributed by atoms with E-state index in [1.807, 2.05) is 13.0 Å². The molecular weight excluding hydrogens is 783 g/mol. The summed E-state index contributed by atoms with van der Waals surface area (Å²) < 4.78 is 0. The molecule has 4 fully saturated rings. The molecule has 8 rings (SSSR count). The molecule has 2 aliphatic heterocycles. The minimum Gasteiger partial charge on any atom is -0.370 e. The zero-order valence-electron chi connectivity index (χ0n) is 32.4. The Morgan fingerprint density at radius 1 is 0.684 bits per heavy atom. The van der Waals surface area contributed by atoms with Crippen molar-refractivity contribution in [3.63, 3.8) is 0 Å². The van der Waals surface area contributed by atoms with Gasteiger partial charge in [-0.15, -0.1) is 0 Å². The minimum absolute atomic E-state index is 0.303. The Balaban J connectivity index is 0.000000162. The Labute approximate surface area is 349 Å². The predicted octanol–water partition coefficient (Wildman–Crippen LogP) is 7.10. The topological polar surface area (TPSA) is 195 Å². The van der Waals surface area contributed by atoms with Crippen LogP contribution in [0, 0.1) is 72.0 Å². The number of nitrogens with two attached hydrogens (primary N) is 1. The third-order valence-corrected chi connectivity index (χ3v) is 11.8. The molecular formula is C40H49Cl3N14. The Morgan fingerprint density at radius 2 is 1.14 bits per heavy atom. The van der Waals surface area contributed by atoms with Crippen LogP contribution in [0.4, 0.5) is 17.7 Å². The molecule has 2 saturated carbocycles. The van der Waals surface area contributed by atoms with Crippen LogP contribution in [0.5, 0.6) is 0 Å². The van der Waals surface area contributed by atoms with Crippen LogP contribution >= 0.6 is 34.8 Å². The van der Waals surface area contributed by atoms with E-state index in [0.29, 0.717) is 38.2 Å². The number of aromatic nitrogens is 8. The smallest absolute Gasteiger partial charge is 0.225 e. The minimum atomic E-state index is 0.303. The van der Waals surface area contributed by atoms with Gasteiger partial charge in [-0.25, -0.2) is 39.9 Å². The molecule has 4 atom stereocenters. The largest absolute Gasteiger partial charge is 0.370 e. The second-order valence-corrected chi connectivity index (χ2v) is 16.5. The number of piperidine rings is 2. The molecule has 300 valence electrons. The first-order valence-corrected chi connectivity index (χ1v) is 20.8. The number of hydrogen-bond donors (Lipinski definition) is 2. The molecule has 17 heteroatoms. The molecule has 4 unspecified atom stereocenters. The van der Waals surface area contributed by atoms with E-state index in [1.54, 1.807) is 37.8 Å². The fraction of sp³-hybridized carbons (Fsp3) is 0.550. The first-order chi connectivity index (χ1) is 27.6. The zero-order chi connectivity index (χ0) is 40.3. The van der Waals surface area contributed by atoms with Gasteiger partial charge in [-0.1, -0.05) is 34.8 Å². The highest BCUT2D eigenvalue weighted by atomic mass is 35.5. The van der Waals surface area contributed by atoms with E-state index in [0.717, 1.165) is 98.9 Å². The molecule has 2 aliphatic carbocycles. The number of nitrogens with one attached hydrogen (secondary N) is 1. The van der Waals surface area contributed by atoms with Crippen molar-refractivity contribution in [1.82, 2.24) is 39.9 Å². The fourth-order valence-corrected chi connectivity index (χ4v) is 8.68. The summed E-state index contributed by atoms with van der Waals surface area (Å²) in [6.45, 7) is 9.40. The van der Waals surface area contributed by atoms with E-state index in [-0.39, 0.29) is 0 Å². The van der Waals surface area contributed by atoms with Crippen molar-refractivity contribution in [2.45, 2.75) is 65.2 Å². The molecule has 57 heavy (non-hydrogen) atoms. The first kappa shape index (κ1) is 42.1. The number of hydrogen-bond acceptors (Lipinski definition) is 14. The summed E-state index contributed by atoms with van der Waals surface area (Å²) in [6, 6.07) is 7.09. The molecule has 2 saturated heterocycles. The van der Waals surface area contributed by atoms with Crippen molar-refractivity contribution in [3.05, 3.63) is 75.2 Å². The number of halogens is 3. The summed E-state index contributed by atoms with van der Waals surface area (Å²) in [5, 5.41) is 22.2. The molecule has 6 heterocycles. The van der Waals surface area contributed by atoms with Gasteiger partial charge in [-0.3, -0.25) is 0 Å². The highest BCUT2D eigenvalue weighted by Crippen LogP contribution is 2.50. The second-order valence-electron chi connectivity index (χ2n) is 15.2. The van der Waals surface area contributed by atoms with Gasteiger partial charge >= 0.3 is 0 Å². The third-order valence-electron chi connectivity index (χ3n) is 11.3. The summed E-state index contributed by atoms with van der Waals surface area (Å²) in [5.41, 5.74) is 6.35. The highest BCUT2D eigenvalue weighted by Gasteiger charge is 2.44. The van der Waals surface area contributed by atoms with Crippen molar-refractivity contribution < 1.29 is 0 Å². The first-order valence-electron chi connectivity index (χ1n) is 19.7. The van der Waals surface area contributed by atoms with E-state index in [4.69, 9.17) is 51.1 Å². The van der Waals surface area contributed by atoms with Crippen LogP contribution < -0.4 is 20.9 Å². The van der Waals surface area contributed by atoms with Gasteiger partial charge in [0.1, 0.15) is 46.1 Å². The molecule has 3 N–H and O–H groups in total. The molecule has 0 amide bonds. The standard InChI is InChI=1S/C20H24ClN7.C14H21ClN4.C6H4ClN3/c1-13-26-17(10-22)9-19(27-13)23-5-2-15-8-18(15)14-3-6-28(7-4-14)20-24-11-16(21)12-25-20;15-12-8-17-14(18-9-12)19-5-2-10(3-6-19)13-7-11(13)1-4-16;1-4-9-5(3-8)2-6(7)10-4/h9,11-12,14-15,18H,2-8H2,1H3,(H,23,26,27);8-11,13H,1-7,16H2;2H,1H3. The average Bonchev–Trinajstić information content (AvgIpc) is 4.16. The summed E-state index contributed by atoms with van der Waals surface area (Å²) in [6.07, 6.45) is 16.7. The van der Waals surface area contributed by atoms with Crippen LogP contribution in [0.25, 0.3) is 0 Å². The number of rotatable bonds is 10. The van der Waals surface area contributed by atoms with Crippen LogP contribution in [0.3, 0.4) is 0 Å². The van der Waals surface area contributed by atoms with Gasteiger partial charge < -0.3 is 20.9 Å². The quantitative estimate of drug-likeness (QED) is 0.154. The lowest BCUT2D eigenvalue weighted by molar-refractivity contribution is 0.342. The number of nitriles is 2. The highest BCUT2D eigenvalue weighted by molar-refractivity contribution is 6.30.